The second-order valence-electron chi connectivity index (χ2n) is 3.56. The molecule has 0 N–H and O–H groups in total. The van der Waals surface area contributed by atoms with Gasteiger partial charge in [-0.15, -0.1) is 0 Å². The monoisotopic (exact) mass is 272 g/mol. The molecule has 0 fully saturated rings. The molecule has 0 heterocycles. The van der Waals surface area contributed by atoms with E-state index in [0.717, 1.165) is 24.3 Å². The molecule has 0 spiro atoms. The number of hydrogen-bond donors (Lipinski definition) is 0. The average molecular weight is 272 g/mol. The maximum atomic E-state index is 12.8. The van der Waals surface area contributed by atoms with Crippen molar-refractivity contribution in [3.05, 3.63) is 59.7 Å². The maximum absolute atomic E-state index is 12.8. The fourth-order valence-electron chi connectivity index (χ4n) is 1.30. The summed E-state index contributed by atoms with van der Waals surface area (Å²) in [5, 5.41) is 0. The van der Waals surface area contributed by atoms with Crippen LogP contribution in [0.25, 0.3) is 0 Å². The summed E-state index contributed by atoms with van der Waals surface area (Å²) in [6.07, 6.45) is 0. The van der Waals surface area contributed by atoms with Crippen molar-refractivity contribution >= 4 is 0 Å². The van der Waals surface area contributed by atoms with Crippen molar-refractivity contribution in [2.24, 2.45) is 0 Å². The Hall–Kier alpha value is -2.24. The predicted octanol–water partition coefficient (Wildman–Crippen LogP) is 3.66. The zero-order valence-electron chi connectivity index (χ0n) is 9.50. The maximum Gasteiger partial charge on any atom is 0.230 e. The summed E-state index contributed by atoms with van der Waals surface area (Å²) < 4.78 is 60.9. The molecule has 0 aliphatic carbocycles. The summed E-state index contributed by atoms with van der Waals surface area (Å²) in [5.41, 5.74) is 0. The highest BCUT2D eigenvalue weighted by molar-refractivity contribution is 5.25. The molecule has 100 valence electrons. The first-order valence-electron chi connectivity index (χ1n) is 5.22. The van der Waals surface area contributed by atoms with E-state index in [9.17, 15) is 17.6 Å². The Morgan fingerprint density at radius 1 is 0.632 bits per heavy atom. The van der Waals surface area contributed by atoms with Gasteiger partial charge in [-0.3, -0.25) is 0 Å². The van der Waals surface area contributed by atoms with Crippen LogP contribution in [-0.4, -0.2) is 6.79 Å². The first-order valence-corrected chi connectivity index (χ1v) is 5.22. The van der Waals surface area contributed by atoms with Crippen molar-refractivity contribution in [1.82, 2.24) is 0 Å². The van der Waals surface area contributed by atoms with Crippen LogP contribution in [0.4, 0.5) is 17.6 Å². The molecule has 2 aromatic rings. The summed E-state index contributed by atoms with van der Waals surface area (Å²) in [6.45, 7) is -0.351. The minimum atomic E-state index is -1.05. The number of benzene rings is 2. The zero-order chi connectivity index (χ0) is 13.8. The van der Waals surface area contributed by atoms with Crippen LogP contribution in [0.2, 0.25) is 0 Å². The van der Waals surface area contributed by atoms with E-state index in [1.165, 1.54) is 12.1 Å². The normalized spacial score (nSPS) is 10.3. The molecule has 2 rings (SSSR count). The molecule has 0 aliphatic rings. The molecule has 0 saturated carbocycles. The minimum Gasteiger partial charge on any atom is -0.457 e. The first kappa shape index (κ1) is 13.2. The Labute approximate surface area is 106 Å². The molecular formula is C13H8F4O2. The van der Waals surface area contributed by atoms with Gasteiger partial charge >= 0.3 is 0 Å². The van der Waals surface area contributed by atoms with Crippen molar-refractivity contribution in [2.45, 2.75) is 0 Å². The Morgan fingerprint density at radius 2 is 1.05 bits per heavy atom. The Kier molecular flexibility index (Phi) is 3.89. The molecular weight excluding hydrogens is 264 g/mol. The zero-order valence-corrected chi connectivity index (χ0v) is 9.50. The molecule has 2 nitrogen and oxygen atoms in total. The van der Waals surface area contributed by atoms with Crippen LogP contribution in [0.3, 0.4) is 0 Å². The smallest absolute Gasteiger partial charge is 0.230 e. The molecule has 0 saturated heterocycles. The van der Waals surface area contributed by atoms with Crippen molar-refractivity contribution in [3.8, 4) is 11.5 Å². The quantitative estimate of drug-likeness (QED) is 0.624. The molecule has 19 heavy (non-hydrogen) atoms. The lowest BCUT2D eigenvalue weighted by atomic mass is 10.3. The first-order chi connectivity index (χ1) is 9.06. The number of hydrogen-bond acceptors (Lipinski definition) is 2. The van der Waals surface area contributed by atoms with Gasteiger partial charge < -0.3 is 9.47 Å². The van der Waals surface area contributed by atoms with E-state index >= 15 is 0 Å². The van der Waals surface area contributed by atoms with Crippen LogP contribution in [0.1, 0.15) is 0 Å². The van der Waals surface area contributed by atoms with Crippen LogP contribution in [0.5, 0.6) is 11.5 Å². The van der Waals surface area contributed by atoms with Gasteiger partial charge in [0.05, 0.1) is 0 Å². The van der Waals surface area contributed by atoms with Crippen LogP contribution in [-0.2, 0) is 0 Å². The third-order valence-corrected chi connectivity index (χ3v) is 2.23. The van der Waals surface area contributed by atoms with Crippen LogP contribution >= 0.6 is 0 Å². The highest BCUT2D eigenvalue weighted by Crippen LogP contribution is 2.17. The SMILES string of the molecule is Fc1ccc(OCOc2ccc(F)c(F)c2)cc1F. The Morgan fingerprint density at radius 3 is 1.42 bits per heavy atom. The van der Waals surface area contributed by atoms with Gasteiger partial charge in [-0.1, -0.05) is 0 Å². The predicted molar refractivity (Wildman–Crippen MR) is 58.8 cm³/mol. The summed E-state index contributed by atoms with van der Waals surface area (Å²) >= 11 is 0. The molecule has 0 amide bonds. The van der Waals surface area contributed by atoms with Gasteiger partial charge in [0.2, 0.25) is 6.79 Å². The van der Waals surface area contributed by atoms with E-state index in [0.29, 0.717) is 0 Å². The molecule has 0 radical (unpaired) electrons. The third-order valence-electron chi connectivity index (χ3n) is 2.23. The van der Waals surface area contributed by atoms with E-state index in [1.807, 2.05) is 0 Å². The van der Waals surface area contributed by atoms with Gasteiger partial charge in [-0.25, -0.2) is 17.6 Å². The lowest BCUT2D eigenvalue weighted by molar-refractivity contribution is 0.119. The van der Waals surface area contributed by atoms with E-state index in [4.69, 9.17) is 9.47 Å². The fraction of sp³-hybridized carbons (Fsp3) is 0.0769. The van der Waals surface area contributed by atoms with E-state index < -0.39 is 23.3 Å². The van der Waals surface area contributed by atoms with Crippen molar-refractivity contribution < 1.29 is 27.0 Å². The largest absolute Gasteiger partial charge is 0.457 e. The van der Waals surface area contributed by atoms with E-state index in [2.05, 4.69) is 0 Å². The summed E-state index contributed by atoms with van der Waals surface area (Å²) in [4.78, 5) is 0. The standard InChI is InChI=1S/C13H8F4O2/c14-10-3-1-8(5-12(10)16)18-7-19-9-2-4-11(15)13(17)6-9/h1-6H,7H2. The summed E-state index contributed by atoms with van der Waals surface area (Å²) in [6, 6.07) is 5.94. The molecule has 0 bridgehead atoms. The van der Waals surface area contributed by atoms with Gasteiger partial charge in [0.15, 0.2) is 23.3 Å². The number of rotatable bonds is 4. The third kappa shape index (κ3) is 3.37. The Balaban J connectivity index is 1.92. The van der Waals surface area contributed by atoms with Gasteiger partial charge in [0.25, 0.3) is 0 Å². The second kappa shape index (κ2) is 5.60. The highest BCUT2D eigenvalue weighted by Gasteiger charge is 2.05. The van der Waals surface area contributed by atoms with Gasteiger partial charge in [0.1, 0.15) is 11.5 Å². The number of ether oxygens (including phenoxy) is 2. The molecule has 0 aromatic heterocycles. The molecule has 0 aliphatic heterocycles. The molecule has 0 atom stereocenters. The number of halogens is 4. The van der Waals surface area contributed by atoms with Crippen LogP contribution < -0.4 is 9.47 Å². The van der Waals surface area contributed by atoms with Crippen molar-refractivity contribution in [3.63, 3.8) is 0 Å². The molecule has 2 aromatic carbocycles. The van der Waals surface area contributed by atoms with E-state index in [-0.39, 0.29) is 18.3 Å². The van der Waals surface area contributed by atoms with E-state index in [1.54, 1.807) is 0 Å². The van der Waals surface area contributed by atoms with Gasteiger partial charge in [-0.2, -0.15) is 0 Å². The second-order valence-corrected chi connectivity index (χ2v) is 3.56. The van der Waals surface area contributed by atoms with Crippen molar-refractivity contribution in [2.75, 3.05) is 6.79 Å². The fourth-order valence-corrected chi connectivity index (χ4v) is 1.30. The lowest BCUT2D eigenvalue weighted by Gasteiger charge is -2.08. The summed E-state index contributed by atoms with van der Waals surface area (Å²) in [7, 11) is 0. The minimum absolute atomic E-state index is 0.0569. The van der Waals surface area contributed by atoms with Gasteiger partial charge in [0, 0.05) is 12.1 Å². The average Bonchev–Trinajstić information content (AvgIpc) is 2.38. The summed E-state index contributed by atoms with van der Waals surface area (Å²) in [5.74, 6) is -3.97. The van der Waals surface area contributed by atoms with Gasteiger partial charge in [-0.05, 0) is 24.3 Å². The van der Waals surface area contributed by atoms with Crippen molar-refractivity contribution in [1.29, 1.82) is 0 Å². The highest BCUT2D eigenvalue weighted by atomic mass is 19.2. The Bertz CT molecular complexity index is 535. The lowest BCUT2D eigenvalue weighted by Crippen LogP contribution is -2.06. The molecule has 0 unspecified atom stereocenters. The topological polar surface area (TPSA) is 18.5 Å². The van der Waals surface area contributed by atoms with Crippen LogP contribution in [0, 0.1) is 23.3 Å². The molecule has 6 heteroatoms. The van der Waals surface area contributed by atoms with Crippen LogP contribution in [0.15, 0.2) is 36.4 Å².